The van der Waals surface area contributed by atoms with E-state index in [1.54, 1.807) is 0 Å². The minimum Gasteiger partial charge on any atom is -0.455 e. The highest BCUT2D eigenvalue weighted by Crippen LogP contribution is 2.26. The molecule has 1 fully saturated rings. The third kappa shape index (κ3) is 4.91. The van der Waals surface area contributed by atoms with Crippen LogP contribution in [0.25, 0.3) is 0 Å². The third-order valence-electron chi connectivity index (χ3n) is 4.27. The summed E-state index contributed by atoms with van der Waals surface area (Å²) in [6, 6.07) is 14.8. The number of anilines is 1. The first-order chi connectivity index (χ1) is 13.0. The first kappa shape index (κ1) is 18.6. The van der Waals surface area contributed by atoms with Crippen LogP contribution in [0.3, 0.4) is 0 Å². The number of nitrogens with zero attached hydrogens (tertiary/aromatic N) is 1. The predicted molar refractivity (Wildman–Crippen MR) is 96.1 cm³/mol. The van der Waals surface area contributed by atoms with Crippen molar-refractivity contribution < 1.29 is 23.5 Å². The number of hydrogen-bond donors (Lipinski definition) is 1. The van der Waals surface area contributed by atoms with Crippen molar-refractivity contribution in [2.45, 2.75) is 13.0 Å². The van der Waals surface area contributed by atoms with Gasteiger partial charge in [0.2, 0.25) is 5.91 Å². The van der Waals surface area contributed by atoms with E-state index in [0.29, 0.717) is 12.2 Å². The molecule has 0 bridgehead atoms. The fourth-order valence-corrected chi connectivity index (χ4v) is 2.84. The molecule has 0 unspecified atom stereocenters. The maximum absolute atomic E-state index is 13.0. The van der Waals surface area contributed by atoms with E-state index in [1.165, 1.54) is 29.2 Å². The summed E-state index contributed by atoms with van der Waals surface area (Å²) < 4.78 is 18.0. The van der Waals surface area contributed by atoms with Crippen LogP contribution in [0.1, 0.15) is 12.0 Å². The van der Waals surface area contributed by atoms with Crippen molar-refractivity contribution in [2.24, 2.45) is 5.92 Å². The number of ether oxygens (including phenoxy) is 1. The Hall–Kier alpha value is -3.22. The molecule has 0 radical (unpaired) electrons. The van der Waals surface area contributed by atoms with Crippen molar-refractivity contribution in [1.82, 2.24) is 5.32 Å². The predicted octanol–water partition coefficient (Wildman–Crippen LogP) is 2.04. The van der Waals surface area contributed by atoms with Crippen LogP contribution >= 0.6 is 0 Å². The van der Waals surface area contributed by atoms with Crippen LogP contribution in [0.2, 0.25) is 0 Å². The van der Waals surface area contributed by atoms with Crippen LogP contribution in [0.15, 0.2) is 54.6 Å². The molecule has 1 saturated heterocycles. The van der Waals surface area contributed by atoms with Gasteiger partial charge in [-0.1, -0.05) is 30.3 Å². The van der Waals surface area contributed by atoms with Gasteiger partial charge in [-0.2, -0.15) is 0 Å². The van der Waals surface area contributed by atoms with E-state index in [4.69, 9.17) is 4.74 Å². The monoisotopic (exact) mass is 370 g/mol. The van der Waals surface area contributed by atoms with Gasteiger partial charge in [-0.3, -0.25) is 14.4 Å². The summed E-state index contributed by atoms with van der Waals surface area (Å²) in [5.41, 5.74) is 1.46. The van der Waals surface area contributed by atoms with E-state index in [9.17, 15) is 18.8 Å². The molecule has 0 spiro atoms. The van der Waals surface area contributed by atoms with Crippen LogP contribution in [0.4, 0.5) is 10.1 Å². The fraction of sp³-hybridized carbons (Fsp3) is 0.250. The second-order valence-corrected chi connectivity index (χ2v) is 6.25. The Morgan fingerprint density at radius 2 is 1.81 bits per heavy atom. The summed E-state index contributed by atoms with van der Waals surface area (Å²) in [4.78, 5) is 37.5. The molecule has 140 valence electrons. The molecule has 0 saturated carbocycles. The third-order valence-corrected chi connectivity index (χ3v) is 4.27. The van der Waals surface area contributed by atoms with Crippen LogP contribution in [0, 0.1) is 11.7 Å². The molecular weight excluding hydrogens is 351 g/mol. The molecule has 1 aliphatic heterocycles. The summed E-state index contributed by atoms with van der Waals surface area (Å²) in [5, 5.41) is 2.66. The lowest BCUT2D eigenvalue weighted by molar-refractivity contribution is -0.152. The molecule has 3 rings (SSSR count). The maximum atomic E-state index is 13.0. The summed E-state index contributed by atoms with van der Waals surface area (Å²) in [6.07, 6.45) is 0.00183. The maximum Gasteiger partial charge on any atom is 0.311 e. The minimum atomic E-state index is -0.649. The van der Waals surface area contributed by atoms with Gasteiger partial charge in [-0.15, -0.1) is 0 Å². The number of nitrogens with one attached hydrogen (secondary N) is 1. The van der Waals surface area contributed by atoms with Crippen molar-refractivity contribution in [3.05, 3.63) is 66.0 Å². The number of carbonyl (C=O) groups excluding carboxylic acids is 3. The van der Waals surface area contributed by atoms with Gasteiger partial charge in [0.25, 0.3) is 5.91 Å². The molecule has 1 atom stereocenters. The van der Waals surface area contributed by atoms with Crippen molar-refractivity contribution in [3.8, 4) is 0 Å². The number of benzene rings is 2. The highest BCUT2D eigenvalue weighted by atomic mass is 19.1. The number of halogens is 1. The highest BCUT2D eigenvalue weighted by molar-refractivity contribution is 5.99. The second kappa shape index (κ2) is 8.44. The van der Waals surface area contributed by atoms with Gasteiger partial charge >= 0.3 is 5.97 Å². The fourth-order valence-electron chi connectivity index (χ4n) is 2.84. The Kier molecular flexibility index (Phi) is 5.80. The Bertz CT molecular complexity index is 824. The van der Waals surface area contributed by atoms with Crippen molar-refractivity contribution >= 4 is 23.5 Å². The number of esters is 1. The van der Waals surface area contributed by atoms with E-state index < -0.39 is 30.2 Å². The van der Waals surface area contributed by atoms with Crippen molar-refractivity contribution in [1.29, 1.82) is 0 Å². The molecule has 1 N–H and O–H groups in total. The molecule has 7 heteroatoms. The first-order valence-electron chi connectivity index (χ1n) is 8.56. The molecule has 2 amide bonds. The molecule has 1 aliphatic rings. The molecule has 0 aromatic heterocycles. The van der Waals surface area contributed by atoms with Crippen molar-refractivity contribution in [3.63, 3.8) is 0 Å². The van der Waals surface area contributed by atoms with E-state index in [2.05, 4.69) is 5.32 Å². The Labute approximate surface area is 155 Å². The lowest BCUT2D eigenvalue weighted by Gasteiger charge is -2.16. The zero-order chi connectivity index (χ0) is 19.2. The Morgan fingerprint density at radius 3 is 2.52 bits per heavy atom. The SMILES string of the molecule is O=C(COC(=O)[C@H]1CC(=O)N(c2ccc(F)cc2)C1)NCc1ccccc1. The quantitative estimate of drug-likeness (QED) is 0.790. The topological polar surface area (TPSA) is 75.7 Å². The molecular formula is C20H19FN2O4. The zero-order valence-corrected chi connectivity index (χ0v) is 14.6. The molecule has 1 heterocycles. The molecule has 0 aliphatic carbocycles. The molecule has 2 aromatic carbocycles. The van der Waals surface area contributed by atoms with E-state index >= 15 is 0 Å². The van der Waals surface area contributed by atoms with Gasteiger partial charge < -0.3 is 15.0 Å². The molecule has 6 nitrogen and oxygen atoms in total. The summed E-state index contributed by atoms with van der Waals surface area (Å²) >= 11 is 0. The average molecular weight is 370 g/mol. The summed E-state index contributed by atoms with van der Waals surface area (Å²) in [7, 11) is 0. The van der Waals surface area contributed by atoms with Crippen LogP contribution in [-0.4, -0.2) is 30.9 Å². The Morgan fingerprint density at radius 1 is 1.11 bits per heavy atom. The smallest absolute Gasteiger partial charge is 0.311 e. The van der Waals surface area contributed by atoms with Gasteiger partial charge in [0.05, 0.1) is 5.92 Å². The van der Waals surface area contributed by atoms with Gasteiger partial charge in [0, 0.05) is 25.2 Å². The van der Waals surface area contributed by atoms with Gasteiger partial charge in [-0.25, -0.2) is 4.39 Å². The number of hydrogen-bond acceptors (Lipinski definition) is 4. The zero-order valence-electron chi connectivity index (χ0n) is 14.6. The van der Waals surface area contributed by atoms with E-state index in [1.807, 2.05) is 30.3 Å². The standard InChI is InChI=1S/C20H19FN2O4/c21-16-6-8-17(9-7-16)23-12-15(10-19(23)25)20(26)27-13-18(24)22-11-14-4-2-1-3-5-14/h1-9,15H,10-13H2,(H,22,24)/t15-/m0/s1. The van der Waals surface area contributed by atoms with Crippen LogP contribution < -0.4 is 10.2 Å². The average Bonchev–Trinajstić information content (AvgIpc) is 3.07. The first-order valence-corrected chi connectivity index (χ1v) is 8.56. The second-order valence-electron chi connectivity index (χ2n) is 6.25. The minimum absolute atomic E-state index is 0.00183. The van der Waals surface area contributed by atoms with Gasteiger partial charge in [0.15, 0.2) is 6.61 Å². The van der Waals surface area contributed by atoms with Crippen LogP contribution in [0.5, 0.6) is 0 Å². The lowest BCUT2D eigenvalue weighted by Crippen LogP contribution is -2.31. The number of rotatable bonds is 6. The normalized spacial score (nSPS) is 16.3. The largest absolute Gasteiger partial charge is 0.455 e. The number of carbonyl (C=O) groups is 3. The van der Waals surface area contributed by atoms with Gasteiger partial charge in [0.1, 0.15) is 5.82 Å². The number of amides is 2. The van der Waals surface area contributed by atoms with Crippen LogP contribution in [-0.2, 0) is 25.7 Å². The molecule has 27 heavy (non-hydrogen) atoms. The van der Waals surface area contributed by atoms with Gasteiger partial charge in [-0.05, 0) is 29.8 Å². The summed E-state index contributed by atoms with van der Waals surface area (Å²) in [5.74, 6) is -2.29. The highest BCUT2D eigenvalue weighted by Gasteiger charge is 2.36. The lowest BCUT2D eigenvalue weighted by atomic mass is 10.1. The summed E-state index contributed by atoms with van der Waals surface area (Å²) in [6.45, 7) is 0.0965. The molecule has 2 aromatic rings. The van der Waals surface area contributed by atoms with Crippen molar-refractivity contribution in [2.75, 3.05) is 18.1 Å². The Balaban J connectivity index is 1.46. The van der Waals surface area contributed by atoms with E-state index in [0.717, 1.165) is 5.56 Å². The van der Waals surface area contributed by atoms with E-state index in [-0.39, 0.29) is 18.9 Å².